The largest absolute Gasteiger partial charge is 0.324 e. The molecule has 2 atom stereocenters. The molecular formula is C12H11NO. The van der Waals surface area contributed by atoms with Gasteiger partial charge in [0.05, 0.1) is 12.1 Å². The van der Waals surface area contributed by atoms with Gasteiger partial charge in [-0.1, -0.05) is 30.4 Å². The van der Waals surface area contributed by atoms with E-state index in [0.717, 1.165) is 12.0 Å². The van der Waals surface area contributed by atoms with Crippen molar-refractivity contribution in [2.24, 2.45) is 0 Å². The van der Waals surface area contributed by atoms with Gasteiger partial charge in [0.15, 0.2) is 0 Å². The van der Waals surface area contributed by atoms with Crippen molar-refractivity contribution in [2.75, 3.05) is 0 Å². The van der Waals surface area contributed by atoms with Gasteiger partial charge >= 0.3 is 0 Å². The number of amides is 1. The van der Waals surface area contributed by atoms with Crippen LogP contribution in [0.1, 0.15) is 16.8 Å². The molecule has 1 aliphatic heterocycles. The maximum atomic E-state index is 11.9. The first-order valence-electron chi connectivity index (χ1n) is 4.92. The van der Waals surface area contributed by atoms with Crippen LogP contribution in [0.2, 0.25) is 0 Å². The first kappa shape index (κ1) is 7.80. The van der Waals surface area contributed by atoms with Crippen molar-refractivity contribution >= 4 is 5.91 Å². The Labute approximate surface area is 82.8 Å². The minimum Gasteiger partial charge on any atom is -0.324 e. The third-order valence-corrected chi connectivity index (χ3v) is 2.95. The van der Waals surface area contributed by atoms with Gasteiger partial charge in [-0.3, -0.25) is 4.79 Å². The van der Waals surface area contributed by atoms with Gasteiger partial charge in [0.1, 0.15) is 0 Å². The van der Waals surface area contributed by atoms with Crippen molar-refractivity contribution in [3.05, 3.63) is 48.0 Å². The molecule has 1 saturated heterocycles. The van der Waals surface area contributed by atoms with E-state index in [1.807, 2.05) is 35.2 Å². The Kier molecular flexibility index (Phi) is 1.51. The zero-order valence-corrected chi connectivity index (χ0v) is 7.76. The van der Waals surface area contributed by atoms with Crippen molar-refractivity contribution in [3.8, 4) is 0 Å². The van der Waals surface area contributed by atoms with Crippen LogP contribution < -0.4 is 0 Å². The molecule has 2 aliphatic rings. The Balaban J connectivity index is 1.82. The summed E-state index contributed by atoms with van der Waals surface area (Å²) in [5, 5.41) is 0. The zero-order chi connectivity index (χ0) is 9.54. The highest BCUT2D eigenvalue weighted by atomic mass is 16.2. The molecular weight excluding hydrogens is 174 g/mol. The highest BCUT2D eigenvalue weighted by Crippen LogP contribution is 2.38. The number of rotatable bonds is 1. The van der Waals surface area contributed by atoms with Crippen LogP contribution in [0, 0.1) is 0 Å². The first-order valence-corrected chi connectivity index (χ1v) is 4.92. The van der Waals surface area contributed by atoms with Crippen LogP contribution in [0.15, 0.2) is 42.5 Å². The Morgan fingerprint density at radius 3 is 2.71 bits per heavy atom. The highest BCUT2D eigenvalue weighted by Gasteiger charge is 2.50. The van der Waals surface area contributed by atoms with Crippen molar-refractivity contribution in [2.45, 2.75) is 18.5 Å². The standard InChI is InChI=1S/C12H11NO/c14-12(9-5-2-1-3-6-9)13-10-7-4-8-11(10)13/h1-7,10-11H,8H2. The number of nitrogens with zero attached hydrogens (tertiary/aromatic N) is 1. The van der Waals surface area contributed by atoms with Crippen LogP contribution in [-0.4, -0.2) is 22.9 Å². The molecule has 0 radical (unpaired) electrons. The van der Waals surface area contributed by atoms with Gasteiger partial charge < -0.3 is 4.90 Å². The van der Waals surface area contributed by atoms with E-state index in [9.17, 15) is 4.79 Å². The van der Waals surface area contributed by atoms with Crippen molar-refractivity contribution < 1.29 is 4.79 Å². The Hall–Kier alpha value is -1.57. The van der Waals surface area contributed by atoms with E-state index in [2.05, 4.69) is 12.2 Å². The van der Waals surface area contributed by atoms with Gasteiger partial charge in [0.2, 0.25) is 0 Å². The summed E-state index contributed by atoms with van der Waals surface area (Å²) in [6.07, 6.45) is 5.32. The van der Waals surface area contributed by atoms with Crippen LogP contribution in [0.25, 0.3) is 0 Å². The summed E-state index contributed by atoms with van der Waals surface area (Å²) in [5.41, 5.74) is 0.801. The summed E-state index contributed by atoms with van der Waals surface area (Å²) in [5.74, 6) is 0.171. The quantitative estimate of drug-likeness (QED) is 0.483. The molecule has 0 bridgehead atoms. The number of hydrogen-bond donors (Lipinski definition) is 0. The van der Waals surface area contributed by atoms with E-state index in [0.29, 0.717) is 12.1 Å². The SMILES string of the molecule is O=C(c1ccccc1)N1C2C=CCC21. The van der Waals surface area contributed by atoms with Crippen LogP contribution in [0.4, 0.5) is 0 Å². The van der Waals surface area contributed by atoms with E-state index in [4.69, 9.17) is 0 Å². The van der Waals surface area contributed by atoms with E-state index in [1.54, 1.807) is 0 Å². The van der Waals surface area contributed by atoms with Gasteiger partial charge in [-0.25, -0.2) is 0 Å². The molecule has 0 N–H and O–H groups in total. The number of benzene rings is 1. The van der Waals surface area contributed by atoms with Crippen molar-refractivity contribution in [1.82, 2.24) is 4.90 Å². The number of carbonyl (C=O) groups is 1. The molecule has 70 valence electrons. The molecule has 3 rings (SSSR count). The molecule has 14 heavy (non-hydrogen) atoms. The zero-order valence-electron chi connectivity index (χ0n) is 7.76. The summed E-state index contributed by atoms with van der Waals surface area (Å²) in [6.45, 7) is 0. The summed E-state index contributed by atoms with van der Waals surface area (Å²) in [6, 6.07) is 10.3. The van der Waals surface area contributed by atoms with E-state index in [-0.39, 0.29) is 5.91 Å². The molecule has 0 spiro atoms. The summed E-state index contributed by atoms with van der Waals surface area (Å²) in [7, 11) is 0. The monoisotopic (exact) mass is 185 g/mol. The molecule has 2 unspecified atom stereocenters. The summed E-state index contributed by atoms with van der Waals surface area (Å²) < 4.78 is 0. The van der Waals surface area contributed by atoms with E-state index >= 15 is 0 Å². The van der Waals surface area contributed by atoms with Crippen LogP contribution >= 0.6 is 0 Å². The molecule has 0 aromatic heterocycles. The first-order chi connectivity index (χ1) is 6.88. The van der Waals surface area contributed by atoms with Crippen molar-refractivity contribution in [1.29, 1.82) is 0 Å². The summed E-state index contributed by atoms with van der Waals surface area (Å²) >= 11 is 0. The predicted octanol–water partition coefficient (Wildman–Crippen LogP) is 1.84. The summed E-state index contributed by atoms with van der Waals surface area (Å²) in [4.78, 5) is 13.9. The van der Waals surface area contributed by atoms with Gasteiger partial charge in [0.25, 0.3) is 5.91 Å². The van der Waals surface area contributed by atoms with Crippen LogP contribution in [-0.2, 0) is 0 Å². The molecule has 1 aromatic rings. The fourth-order valence-corrected chi connectivity index (χ4v) is 2.15. The molecule has 1 amide bonds. The van der Waals surface area contributed by atoms with Crippen LogP contribution in [0.3, 0.4) is 0 Å². The fourth-order valence-electron chi connectivity index (χ4n) is 2.15. The average molecular weight is 185 g/mol. The number of fused-ring (bicyclic) bond motifs is 1. The van der Waals surface area contributed by atoms with Gasteiger partial charge in [-0.15, -0.1) is 0 Å². The molecule has 1 aliphatic carbocycles. The molecule has 1 aromatic carbocycles. The topological polar surface area (TPSA) is 20.1 Å². The number of hydrogen-bond acceptors (Lipinski definition) is 1. The minimum absolute atomic E-state index is 0.171. The highest BCUT2D eigenvalue weighted by molar-refractivity contribution is 5.96. The Morgan fingerprint density at radius 1 is 1.29 bits per heavy atom. The maximum absolute atomic E-state index is 11.9. The molecule has 1 fully saturated rings. The molecule has 0 saturated carbocycles. The Morgan fingerprint density at radius 2 is 2.07 bits per heavy atom. The Bertz CT molecular complexity index is 396. The minimum atomic E-state index is 0.171. The smallest absolute Gasteiger partial charge is 0.254 e. The predicted molar refractivity (Wildman–Crippen MR) is 53.9 cm³/mol. The third kappa shape index (κ3) is 1.00. The second-order valence-electron chi connectivity index (χ2n) is 3.80. The lowest BCUT2D eigenvalue weighted by Crippen LogP contribution is -2.15. The fraction of sp³-hybridized carbons (Fsp3) is 0.250. The normalized spacial score (nSPS) is 27.6. The second kappa shape index (κ2) is 2.71. The second-order valence-corrected chi connectivity index (χ2v) is 3.80. The van der Waals surface area contributed by atoms with Gasteiger partial charge in [-0.05, 0) is 18.6 Å². The average Bonchev–Trinajstić information content (AvgIpc) is 2.72. The lowest BCUT2D eigenvalue weighted by Gasteiger charge is -2.04. The third-order valence-electron chi connectivity index (χ3n) is 2.95. The molecule has 2 heteroatoms. The molecule has 2 nitrogen and oxygen atoms in total. The lowest BCUT2D eigenvalue weighted by atomic mass is 10.2. The number of carbonyl (C=O) groups excluding carboxylic acids is 1. The van der Waals surface area contributed by atoms with Crippen molar-refractivity contribution in [3.63, 3.8) is 0 Å². The molecule has 1 heterocycles. The lowest BCUT2D eigenvalue weighted by molar-refractivity contribution is 0.0867. The van der Waals surface area contributed by atoms with E-state index in [1.165, 1.54) is 0 Å². The maximum Gasteiger partial charge on any atom is 0.254 e. The van der Waals surface area contributed by atoms with Crippen LogP contribution in [0.5, 0.6) is 0 Å². The van der Waals surface area contributed by atoms with E-state index < -0.39 is 0 Å². The van der Waals surface area contributed by atoms with Gasteiger partial charge in [0, 0.05) is 5.56 Å². The van der Waals surface area contributed by atoms with Gasteiger partial charge in [-0.2, -0.15) is 0 Å².